The smallest absolute Gasteiger partial charge is 0.319 e. The van der Waals surface area contributed by atoms with Gasteiger partial charge in [-0.05, 0) is 78.1 Å². The number of carbonyl (C=O) groups is 2. The minimum Gasteiger partial charge on any atom is -0.457 e. The predicted molar refractivity (Wildman–Crippen MR) is 214 cm³/mol. The minimum atomic E-state index is -0.597. The van der Waals surface area contributed by atoms with E-state index in [9.17, 15) is 14.7 Å². The Hall–Kier alpha value is -5.72. The highest BCUT2D eigenvalue weighted by Gasteiger charge is 2.50. The molecule has 11 heteroatoms. The molecular weight excluding hydrogens is 707 g/mol. The number of rotatable bonds is 11. The lowest BCUT2D eigenvalue weighted by atomic mass is 9.85. The maximum atomic E-state index is 13.3. The van der Waals surface area contributed by atoms with Crippen LogP contribution in [-0.4, -0.2) is 59.9 Å². The molecule has 3 saturated heterocycles. The van der Waals surface area contributed by atoms with Gasteiger partial charge in [-0.25, -0.2) is 4.79 Å². The number of ether oxygens (including phenoxy) is 3. The van der Waals surface area contributed by atoms with Crippen molar-refractivity contribution in [2.24, 2.45) is 0 Å². The molecule has 0 bridgehead atoms. The summed E-state index contributed by atoms with van der Waals surface area (Å²) in [5.41, 5.74) is 4.87. The lowest BCUT2D eigenvalue weighted by molar-refractivity contribution is -0.253. The highest BCUT2D eigenvalue weighted by molar-refractivity contribution is 5.93. The summed E-state index contributed by atoms with van der Waals surface area (Å²) >= 11 is 0. The largest absolute Gasteiger partial charge is 0.457 e. The molecule has 11 nitrogen and oxygen atoms in total. The van der Waals surface area contributed by atoms with Gasteiger partial charge in [-0.15, -0.1) is 0 Å². The molecule has 4 N–H and O–H groups in total. The summed E-state index contributed by atoms with van der Waals surface area (Å²) in [6.45, 7) is 3.12. The van der Waals surface area contributed by atoms with Gasteiger partial charge in [-0.3, -0.25) is 4.79 Å². The lowest BCUT2D eigenvalue weighted by Crippen LogP contribution is -2.57. The molecule has 0 aromatic heterocycles. The number of para-hydroxylation sites is 2. The second-order valence-corrected chi connectivity index (χ2v) is 14.6. The Labute approximate surface area is 327 Å². The average Bonchev–Trinajstić information content (AvgIpc) is 3.56. The molecule has 1 spiro atoms. The number of nitrogens with zero attached hydrogens (tertiary/aromatic N) is 2. The Morgan fingerprint density at radius 1 is 0.786 bits per heavy atom. The van der Waals surface area contributed by atoms with Crippen LogP contribution in [0, 0.1) is 0 Å². The zero-order valence-corrected chi connectivity index (χ0v) is 31.2. The van der Waals surface area contributed by atoms with Crippen LogP contribution in [0.25, 0.3) is 0 Å². The zero-order chi connectivity index (χ0) is 38.3. The van der Waals surface area contributed by atoms with Crippen LogP contribution in [0.15, 0.2) is 133 Å². The third-order valence-electron chi connectivity index (χ3n) is 11.0. The molecule has 3 heterocycles. The molecule has 3 aliphatic rings. The molecule has 8 rings (SSSR count). The number of hydrogen-bond donors (Lipinski definition) is 4. The third-order valence-corrected chi connectivity index (χ3v) is 11.0. The molecule has 3 aliphatic heterocycles. The van der Waals surface area contributed by atoms with E-state index >= 15 is 0 Å². The standard InChI is InChI=1S/C45H47N5O6/c51-30-33-13-15-34(16-14-33)41-27-40(29-49-25-23-45(24-26-49)43(52)47-31-50(45)37-7-3-1-4-8-37)55-42(56-41)35-17-11-32(12-18-35)28-46-44(53)48-36-19-21-39(22-20-36)54-38-9-5-2-6-10-38/h1-22,40-42,51H,23-31H2,(H,47,52)(H2,46,48,53). The molecule has 0 saturated carbocycles. The number of nitrogens with one attached hydrogen (secondary N) is 3. The minimum absolute atomic E-state index is 0.0169. The average molecular weight is 754 g/mol. The van der Waals surface area contributed by atoms with Gasteiger partial charge in [0.05, 0.1) is 25.5 Å². The summed E-state index contributed by atoms with van der Waals surface area (Å²) in [4.78, 5) is 30.6. The summed E-state index contributed by atoms with van der Waals surface area (Å²) in [5, 5.41) is 18.5. The second kappa shape index (κ2) is 17.0. The van der Waals surface area contributed by atoms with Crippen LogP contribution < -0.4 is 25.6 Å². The number of urea groups is 1. The normalized spacial score (nSPS) is 20.7. The van der Waals surface area contributed by atoms with E-state index in [1.165, 1.54) is 0 Å². The molecule has 0 radical (unpaired) electrons. The number of aliphatic hydroxyl groups is 1. The number of anilines is 2. The van der Waals surface area contributed by atoms with Gasteiger partial charge in [-0.2, -0.15) is 0 Å². The van der Waals surface area contributed by atoms with Crippen LogP contribution in [-0.2, 0) is 27.4 Å². The van der Waals surface area contributed by atoms with E-state index in [1.807, 2.05) is 109 Å². The summed E-state index contributed by atoms with van der Waals surface area (Å²) in [5.74, 6) is 1.53. The molecule has 3 amide bonds. The van der Waals surface area contributed by atoms with Crippen LogP contribution in [0.2, 0.25) is 0 Å². The van der Waals surface area contributed by atoms with E-state index < -0.39 is 11.8 Å². The van der Waals surface area contributed by atoms with Gasteiger partial charge in [-0.1, -0.05) is 84.9 Å². The Balaban J connectivity index is 0.885. The van der Waals surface area contributed by atoms with E-state index in [1.54, 1.807) is 12.1 Å². The first kappa shape index (κ1) is 37.2. The topological polar surface area (TPSA) is 125 Å². The zero-order valence-electron chi connectivity index (χ0n) is 31.2. The summed E-state index contributed by atoms with van der Waals surface area (Å²) in [7, 11) is 0. The van der Waals surface area contributed by atoms with Crippen molar-refractivity contribution in [1.29, 1.82) is 0 Å². The van der Waals surface area contributed by atoms with Gasteiger partial charge >= 0.3 is 6.03 Å². The Morgan fingerprint density at radius 3 is 2.12 bits per heavy atom. The predicted octanol–water partition coefficient (Wildman–Crippen LogP) is 7.27. The Morgan fingerprint density at radius 2 is 1.43 bits per heavy atom. The van der Waals surface area contributed by atoms with Crippen molar-refractivity contribution in [1.82, 2.24) is 15.5 Å². The second-order valence-electron chi connectivity index (χ2n) is 14.6. The van der Waals surface area contributed by atoms with Gasteiger partial charge < -0.3 is 45.1 Å². The summed E-state index contributed by atoms with van der Waals surface area (Å²) in [6.07, 6.45) is 1.22. The number of carbonyl (C=O) groups excluding carboxylic acids is 2. The van der Waals surface area contributed by atoms with Gasteiger partial charge in [0.15, 0.2) is 6.29 Å². The van der Waals surface area contributed by atoms with Crippen molar-refractivity contribution in [2.75, 3.05) is 36.5 Å². The molecule has 5 aromatic carbocycles. The van der Waals surface area contributed by atoms with E-state index in [-0.39, 0.29) is 30.8 Å². The fraction of sp³-hybridized carbons (Fsp3) is 0.289. The molecule has 5 aromatic rings. The number of aliphatic hydroxyl groups excluding tert-OH is 1. The Kier molecular flexibility index (Phi) is 11.3. The first-order valence-electron chi connectivity index (χ1n) is 19.2. The SMILES string of the molecule is O=C(NCc1ccc(C2OC(CN3CCC4(CC3)C(=O)NCN4c3ccccc3)CC(c3ccc(CO)cc3)O2)cc1)Nc1ccc(Oc2ccccc2)cc1. The molecule has 3 fully saturated rings. The first-order chi connectivity index (χ1) is 27.4. The van der Waals surface area contributed by atoms with Gasteiger partial charge in [0, 0.05) is 49.5 Å². The van der Waals surface area contributed by atoms with Crippen LogP contribution >= 0.6 is 0 Å². The van der Waals surface area contributed by atoms with Crippen LogP contribution in [0.3, 0.4) is 0 Å². The fourth-order valence-corrected chi connectivity index (χ4v) is 7.84. The van der Waals surface area contributed by atoms with Crippen LogP contribution in [0.4, 0.5) is 16.2 Å². The maximum Gasteiger partial charge on any atom is 0.319 e. The van der Waals surface area contributed by atoms with Gasteiger partial charge in [0.2, 0.25) is 5.91 Å². The van der Waals surface area contributed by atoms with Crippen molar-refractivity contribution in [3.8, 4) is 11.5 Å². The highest BCUT2D eigenvalue weighted by atomic mass is 16.7. The molecule has 3 atom stereocenters. The van der Waals surface area contributed by atoms with E-state index in [0.29, 0.717) is 37.6 Å². The monoisotopic (exact) mass is 753 g/mol. The number of amides is 3. The fourth-order valence-electron chi connectivity index (χ4n) is 7.84. The molecule has 3 unspecified atom stereocenters. The Bertz CT molecular complexity index is 2060. The van der Waals surface area contributed by atoms with E-state index in [4.69, 9.17) is 14.2 Å². The van der Waals surface area contributed by atoms with Gasteiger partial charge in [0.1, 0.15) is 17.0 Å². The molecule has 288 valence electrons. The van der Waals surface area contributed by atoms with Crippen molar-refractivity contribution >= 4 is 23.3 Å². The summed E-state index contributed by atoms with van der Waals surface area (Å²) in [6, 6.07) is 42.4. The van der Waals surface area contributed by atoms with E-state index in [2.05, 4.69) is 37.9 Å². The van der Waals surface area contributed by atoms with Gasteiger partial charge in [0.25, 0.3) is 0 Å². The third kappa shape index (κ3) is 8.56. The van der Waals surface area contributed by atoms with Crippen LogP contribution in [0.5, 0.6) is 11.5 Å². The number of benzene rings is 5. The molecule has 0 aliphatic carbocycles. The van der Waals surface area contributed by atoms with Crippen molar-refractivity contribution in [3.63, 3.8) is 0 Å². The first-order valence-corrected chi connectivity index (χ1v) is 19.2. The lowest BCUT2D eigenvalue weighted by Gasteiger charge is -2.45. The van der Waals surface area contributed by atoms with E-state index in [0.717, 1.165) is 59.6 Å². The number of hydrogen-bond acceptors (Lipinski definition) is 8. The van der Waals surface area contributed by atoms with Crippen LogP contribution in [0.1, 0.15) is 53.9 Å². The summed E-state index contributed by atoms with van der Waals surface area (Å²) < 4.78 is 19.1. The van der Waals surface area contributed by atoms with Crippen molar-refractivity contribution in [2.45, 2.75) is 56.5 Å². The molecular formula is C45H47N5O6. The van der Waals surface area contributed by atoms with Crippen molar-refractivity contribution in [3.05, 3.63) is 156 Å². The highest BCUT2D eigenvalue weighted by Crippen LogP contribution is 2.40. The molecule has 56 heavy (non-hydrogen) atoms. The number of piperidine rings is 1. The maximum absolute atomic E-state index is 13.3. The number of likely N-dealkylation sites (tertiary alicyclic amines) is 1. The van der Waals surface area contributed by atoms with Crippen molar-refractivity contribution < 1.29 is 28.9 Å². The quantitative estimate of drug-likeness (QED) is 0.111.